The Morgan fingerprint density at radius 2 is 1.90 bits per heavy atom. The van der Waals surface area contributed by atoms with Crippen molar-refractivity contribution < 1.29 is 23.8 Å². The van der Waals surface area contributed by atoms with Crippen LogP contribution in [0.5, 0.6) is 17.2 Å². The second-order valence-electron chi connectivity index (χ2n) is 7.20. The van der Waals surface area contributed by atoms with Gasteiger partial charge >= 0.3 is 0 Å². The van der Waals surface area contributed by atoms with Gasteiger partial charge in [0.25, 0.3) is 5.91 Å². The van der Waals surface area contributed by atoms with E-state index in [4.69, 9.17) is 14.2 Å². The lowest BCUT2D eigenvalue weighted by atomic mass is 9.95. The lowest BCUT2D eigenvalue weighted by Crippen LogP contribution is -2.42. The van der Waals surface area contributed by atoms with E-state index >= 15 is 0 Å². The van der Waals surface area contributed by atoms with Crippen molar-refractivity contribution in [2.45, 2.75) is 19.4 Å². The van der Waals surface area contributed by atoms with Gasteiger partial charge in [-0.2, -0.15) is 0 Å². The molecule has 0 spiro atoms. The molecule has 0 radical (unpaired) electrons. The van der Waals surface area contributed by atoms with Crippen LogP contribution in [0.25, 0.3) is 0 Å². The standard InChI is InChI=1S/C22H24N2O5/c1-27-18-4-2-3-17(12-18)22(26)24-9-7-16(8-10-24)21(25)23-13-15-5-6-19-20(11-15)29-14-28-19/h2-6,11-12,16H,7-10,13-14H2,1H3,(H,23,25). The van der Waals surface area contributed by atoms with Crippen LogP contribution in [0.2, 0.25) is 0 Å². The summed E-state index contributed by atoms with van der Waals surface area (Å²) in [6, 6.07) is 12.8. The van der Waals surface area contributed by atoms with Crippen molar-refractivity contribution >= 4 is 11.8 Å². The minimum absolute atomic E-state index is 0.0242. The number of fused-ring (bicyclic) bond motifs is 1. The predicted molar refractivity (Wildman–Crippen MR) is 106 cm³/mol. The van der Waals surface area contributed by atoms with Gasteiger partial charge in [0.15, 0.2) is 11.5 Å². The Morgan fingerprint density at radius 3 is 2.69 bits per heavy atom. The van der Waals surface area contributed by atoms with Crippen molar-refractivity contribution in [3.63, 3.8) is 0 Å². The first-order chi connectivity index (χ1) is 14.1. The summed E-state index contributed by atoms with van der Waals surface area (Å²) in [6.07, 6.45) is 1.31. The van der Waals surface area contributed by atoms with Crippen molar-refractivity contribution in [3.8, 4) is 17.2 Å². The number of piperidine rings is 1. The lowest BCUT2D eigenvalue weighted by molar-refractivity contribution is -0.126. The van der Waals surface area contributed by atoms with Crippen LogP contribution in [0.15, 0.2) is 42.5 Å². The van der Waals surface area contributed by atoms with Gasteiger partial charge in [0.1, 0.15) is 5.75 Å². The normalized spacial score (nSPS) is 15.8. The lowest BCUT2D eigenvalue weighted by Gasteiger charge is -2.31. The van der Waals surface area contributed by atoms with Gasteiger partial charge in [0.2, 0.25) is 12.7 Å². The van der Waals surface area contributed by atoms with Crippen LogP contribution in [0.3, 0.4) is 0 Å². The van der Waals surface area contributed by atoms with E-state index in [1.807, 2.05) is 30.3 Å². The number of likely N-dealkylation sites (tertiary alicyclic amines) is 1. The maximum absolute atomic E-state index is 12.7. The Labute approximate surface area is 169 Å². The SMILES string of the molecule is COc1cccc(C(=O)N2CCC(C(=O)NCc3ccc4c(c3)OCO4)CC2)c1. The first kappa shape index (κ1) is 19.1. The van der Waals surface area contributed by atoms with Gasteiger partial charge in [-0.25, -0.2) is 0 Å². The molecule has 1 saturated heterocycles. The van der Waals surface area contributed by atoms with Gasteiger partial charge in [-0.1, -0.05) is 12.1 Å². The minimum Gasteiger partial charge on any atom is -0.497 e. The maximum Gasteiger partial charge on any atom is 0.253 e. The highest BCUT2D eigenvalue weighted by atomic mass is 16.7. The van der Waals surface area contributed by atoms with E-state index in [0.29, 0.717) is 49.5 Å². The van der Waals surface area contributed by atoms with Gasteiger partial charge < -0.3 is 24.4 Å². The molecule has 7 nitrogen and oxygen atoms in total. The molecule has 152 valence electrons. The van der Waals surface area contributed by atoms with Crippen LogP contribution in [0, 0.1) is 5.92 Å². The average Bonchev–Trinajstić information content (AvgIpc) is 3.25. The predicted octanol–water partition coefficient (Wildman–Crippen LogP) is 2.59. The van der Waals surface area contributed by atoms with E-state index in [1.165, 1.54) is 0 Å². The van der Waals surface area contributed by atoms with Gasteiger partial charge in [-0.05, 0) is 48.7 Å². The van der Waals surface area contributed by atoms with Crippen LogP contribution >= 0.6 is 0 Å². The molecular weight excluding hydrogens is 372 g/mol. The third kappa shape index (κ3) is 4.29. The Hall–Kier alpha value is -3.22. The Kier molecular flexibility index (Phi) is 5.55. The fraction of sp³-hybridized carbons (Fsp3) is 0.364. The van der Waals surface area contributed by atoms with Gasteiger partial charge in [0, 0.05) is 31.1 Å². The zero-order valence-corrected chi connectivity index (χ0v) is 16.3. The Bertz CT molecular complexity index is 906. The molecule has 2 aliphatic heterocycles. The largest absolute Gasteiger partial charge is 0.497 e. The molecule has 29 heavy (non-hydrogen) atoms. The van der Waals surface area contributed by atoms with Crippen LogP contribution in [0.1, 0.15) is 28.8 Å². The molecule has 0 saturated carbocycles. The first-order valence-electron chi connectivity index (χ1n) is 9.73. The number of carbonyl (C=O) groups excluding carboxylic acids is 2. The summed E-state index contributed by atoms with van der Waals surface area (Å²) in [6.45, 7) is 1.81. The summed E-state index contributed by atoms with van der Waals surface area (Å²) in [7, 11) is 1.58. The number of benzene rings is 2. The number of hydrogen-bond acceptors (Lipinski definition) is 5. The average molecular weight is 396 g/mol. The first-order valence-corrected chi connectivity index (χ1v) is 9.73. The number of rotatable bonds is 5. The van der Waals surface area contributed by atoms with Gasteiger partial charge in [-0.15, -0.1) is 0 Å². The quantitative estimate of drug-likeness (QED) is 0.841. The fourth-order valence-corrected chi connectivity index (χ4v) is 3.67. The highest BCUT2D eigenvalue weighted by molar-refractivity contribution is 5.94. The molecule has 2 aromatic rings. The number of nitrogens with one attached hydrogen (secondary N) is 1. The molecule has 7 heteroatoms. The van der Waals surface area contributed by atoms with E-state index in [2.05, 4.69) is 5.32 Å². The Balaban J connectivity index is 1.27. The molecule has 0 bridgehead atoms. The number of nitrogens with zero attached hydrogens (tertiary/aromatic N) is 1. The summed E-state index contributed by atoms with van der Waals surface area (Å²) >= 11 is 0. The molecular formula is C22H24N2O5. The van der Waals surface area contributed by atoms with Crippen LogP contribution in [-0.4, -0.2) is 43.7 Å². The molecule has 0 atom stereocenters. The van der Waals surface area contributed by atoms with E-state index in [9.17, 15) is 9.59 Å². The maximum atomic E-state index is 12.7. The summed E-state index contributed by atoms with van der Waals surface area (Å²) in [4.78, 5) is 27.0. The van der Waals surface area contributed by atoms with Crippen molar-refractivity contribution in [1.82, 2.24) is 10.2 Å². The van der Waals surface area contributed by atoms with Crippen molar-refractivity contribution in [2.24, 2.45) is 5.92 Å². The molecule has 0 aromatic heterocycles. The second-order valence-corrected chi connectivity index (χ2v) is 7.20. The molecule has 2 amide bonds. The summed E-state index contributed by atoms with van der Waals surface area (Å²) in [5, 5.41) is 3.00. The van der Waals surface area contributed by atoms with E-state index in [-0.39, 0.29) is 24.5 Å². The Morgan fingerprint density at radius 1 is 1.10 bits per heavy atom. The van der Waals surface area contributed by atoms with E-state index < -0.39 is 0 Å². The third-order valence-corrected chi connectivity index (χ3v) is 5.37. The number of carbonyl (C=O) groups is 2. The monoisotopic (exact) mass is 396 g/mol. The molecule has 2 heterocycles. The van der Waals surface area contributed by atoms with Crippen LogP contribution in [0.4, 0.5) is 0 Å². The highest BCUT2D eigenvalue weighted by Gasteiger charge is 2.28. The molecule has 1 N–H and O–H groups in total. The van der Waals surface area contributed by atoms with Crippen LogP contribution in [-0.2, 0) is 11.3 Å². The molecule has 4 rings (SSSR count). The van der Waals surface area contributed by atoms with Crippen LogP contribution < -0.4 is 19.5 Å². The molecule has 2 aliphatic rings. The number of ether oxygens (including phenoxy) is 3. The van der Waals surface area contributed by atoms with Gasteiger partial charge in [0.05, 0.1) is 7.11 Å². The molecule has 2 aromatic carbocycles. The number of amides is 2. The highest BCUT2D eigenvalue weighted by Crippen LogP contribution is 2.32. The summed E-state index contributed by atoms with van der Waals surface area (Å²) < 4.78 is 15.9. The van der Waals surface area contributed by atoms with Crippen molar-refractivity contribution in [1.29, 1.82) is 0 Å². The molecule has 0 aliphatic carbocycles. The molecule has 1 fully saturated rings. The number of hydrogen-bond donors (Lipinski definition) is 1. The van der Waals surface area contributed by atoms with Gasteiger partial charge in [-0.3, -0.25) is 9.59 Å². The minimum atomic E-state index is -0.0848. The fourth-order valence-electron chi connectivity index (χ4n) is 3.67. The third-order valence-electron chi connectivity index (χ3n) is 5.37. The summed E-state index contributed by atoms with van der Waals surface area (Å²) in [5.74, 6) is 2.01. The summed E-state index contributed by atoms with van der Waals surface area (Å²) in [5.41, 5.74) is 1.57. The zero-order chi connectivity index (χ0) is 20.2. The van der Waals surface area contributed by atoms with Crippen molar-refractivity contribution in [3.05, 3.63) is 53.6 Å². The smallest absolute Gasteiger partial charge is 0.253 e. The number of methoxy groups -OCH3 is 1. The second kappa shape index (κ2) is 8.43. The van der Waals surface area contributed by atoms with Crippen molar-refractivity contribution in [2.75, 3.05) is 27.0 Å². The topological polar surface area (TPSA) is 77.1 Å². The van der Waals surface area contributed by atoms with E-state index in [0.717, 1.165) is 11.3 Å². The molecule has 0 unspecified atom stereocenters. The van der Waals surface area contributed by atoms with E-state index in [1.54, 1.807) is 24.1 Å². The zero-order valence-electron chi connectivity index (χ0n) is 16.3.